The van der Waals surface area contributed by atoms with Crippen LogP contribution in [0.5, 0.6) is 0 Å². The molecule has 0 radical (unpaired) electrons. The minimum absolute atomic E-state index is 0.306. The van der Waals surface area contributed by atoms with E-state index in [2.05, 4.69) is 17.9 Å². The Morgan fingerprint density at radius 2 is 1.80 bits per heavy atom. The molecular formula is C10H19NO3S. The molecule has 0 spiro atoms. The standard InChI is InChI=1S/C10H19NO3S/c1-6-10(11-5,8(13)15)7(12)14-9(2,3)4/h11H,6H2,1-5H3,(H,13,15). The Kier molecular flexibility index (Phi) is 4.80. The van der Waals surface area contributed by atoms with E-state index in [1.807, 2.05) is 0 Å². The minimum Gasteiger partial charge on any atom is -0.458 e. The monoisotopic (exact) mass is 233 g/mol. The van der Waals surface area contributed by atoms with Crippen LogP contribution >= 0.6 is 12.6 Å². The van der Waals surface area contributed by atoms with Gasteiger partial charge < -0.3 is 4.74 Å². The van der Waals surface area contributed by atoms with Crippen molar-refractivity contribution in [3.05, 3.63) is 0 Å². The topological polar surface area (TPSA) is 55.4 Å². The largest absolute Gasteiger partial charge is 0.458 e. The second kappa shape index (κ2) is 4.99. The van der Waals surface area contributed by atoms with E-state index in [9.17, 15) is 9.59 Å². The van der Waals surface area contributed by atoms with Gasteiger partial charge in [0.1, 0.15) is 5.60 Å². The molecule has 4 nitrogen and oxygen atoms in total. The van der Waals surface area contributed by atoms with Crippen LogP contribution in [0.3, 0.4) is 0 Å². The zero-order chi connectivity index (χ0) is 12.3. The molecule has 15 heavy (non-hydrogen) atoms. The van der Waals surface area contributed by atoms with Gasteiger partial charge in [-0.3, -0.25) is 10.1 Å². The van der Waals surface area contributed by atoms with E-state index < -0.39 is 22.2 Å². The SMILES string of the molecule is CCC(NC)(C(=O)S)C(=O)OC(C)(C)C. The second-order valence-electron chi connectivity index (χ2n) is 4.32. The molecule has 0 aliphatic heterocycles. The van der Waals surface area contributed by atoms with Gasteiger partial charge in [0.25, 0.3) is 0 Å². The van der Waals surface area contributed by atoms with E-state index >= 15 is 0 Å². The first-order chi connectivity index (χ1) is 6.69. The fraction of sp³-hybridized carbons (Fsp3) is 0.800. The molecule has 0 aromatic rings. The van der Waals surface area contributed by atoms with Crippen molar-refractivity contribution in [2.45, 2.75) is 45.3 Å². The molecular weight excluding hydrogens is 214 g/mol. The van der Waals surface area contributed by atoms with Crippen molar-refractivity contribution in [1.82, 2.24) is 5.32 Å². The van der Waals surface area contributed by atoms with E-state index in [1.54, 1.807) is 34.7 Å². The van der Waals surface area contributed by atoms with E-state index in [0.717, 1.165) is 0 Å². The van der Waals surface area contributed by atoms with Crippen molar-refractivity contribution in [1.29, 1.82) is 0 Å². The maximum absolute atomic E-state index is 11.8. The first kappa shape index (κ1) is 14.5. The van der Waals surface area contributed by atoms with Crippen LogP contribution in [0.15, 0.2) is 0 Å². The molecule has 1 unspecified atom stereocenters. The summed E-state index contributed by atoms with van der Waals surface area (Å²) in [4.78, 5) is 23.2. The van der Waals surface area contributed by atoms with Crippen LogP contribution < -0.4 is 5.32 Å². The predicted octanol–water partition coefficient (Wildman–Crippen LogP) is 1.15. The number of ether oxygens (including phenoxy) is 1. The number of esters is 1. The Balaban J connectivity index is 4.95. The van der Waals surface area contributed by atoms with Crippen LogP contribution in [0.25, 0.3) is 0 Å². The zero-order valence-corrected chi connectivity index (χ0v) is 10.8. The zero-order valence-electron chi connectivity index (χ0n) is 9.88. The molecule has 0 aromatic carbocycles. The molecule has 1 atom stereocenters. The molecule has 5 heteroatoms. The number of nitrogens with one attached hydrogen (secondary N) is 1. The quantitative estimate of drug-likeness (QED) is 0.434. The van der Waals surface area contributed by atoms with E-state index in [4.69, 9.17) is 4.74 Å². The second-order valence-corrected chi connectivity index (χ2v) is 4.72. The molecule has 0 aliphatic rings. The lowest BCUT2D eigenvalue weighted by molar-refractivity contribution is -0.164. The molecule has 0 amide bonds. The van der Waals surface area contributed by atoms with Gasteiger partial charge in [0.05, 0.1) is 0 Å². The molecule has 0 rings (SSSR count). The fourth-order valence-electron chi connectivity index (χ4n) is 1.13. The van der Waals surface area contributed by atoms with Gasteiger partial charge in [-0.25, -0.2) is 4.79 Å². The summed E-state index contributed by atoms with van der Waals surface area (Å²) >= 11 is 3.73. The number of carbonyl (C=O) groups excluding carboxylic acids is 2. The molecule has 0 heterocycles. The molecule has 0 saturated carbocycles. The summed E-state index contributed by atoms with van der Waals surface area (Å²) in [5.41, 5.74) is -1.95. The van der Waals surface area contributed by atoms with Crippen molar-refractivity contribution >= 4 is 23.7 Å². The average molecular weight is 233 g/mol. The normalized spacial score (nSPS) is 15.6. The molecule has 0 aromatic heterocycles. The number of hydrogen-bond donors (Lipinski definition) is 2. The van der Waals surface area contributed by atoms with Gasteiger partial charge in [0, 0.05) is 0 Å². The summed E-state index contributed by atoms with van der Waals surface area (Å²) in [5.74, 6) is -0.583. The van der Waals surface area contributed by atoms with Crippen molar-refractivity contribution in [2.24, 2.45) is 0 Å². The van der Waals surface area contributed by atoms with E-state index in [-0.39, 0.29) is 0 Å². The maximum atomic E-state index is 11.8. The number of thiol groups is 1. The van der Waals surface area contributed by atoms with Gasteiger partial charge in [0.15, 0.2) is 5.54 Å². The van der Waals surface area contributed by atoms with Crippen molar-refractivity contribution in [3.63, 3.8) is 0 Å². The lowest BCUT2D eigenvalue weighted by atomic mass is 9.98. The Labute approximate surface area is 96.2 Å². The lowest BCUT2D eigenvalue weighted by Crippen LogP contribution is -2.56. The number of rotatable bonds is 4. The summed E-state index contributed by atoms with van der Waals surface area (Å²) in [6.07, 6.45) is 0.306. The van der Waals surface area contributed by atoms with Crippen molar-refractivity contribution in [2.75, 3.05) is 7.05 Å². The predicted molar refractivity (Wildman–Crippen MR) is 61.9 cm³/mol. The summed E-state index contributed by atoms with van der Waals surface area (Å²) < 4.78 is 5.18. The third-order valence-corrected chi connectivity index (χ3v) is 2.45. The highest BCUT2D eigenvalue weighted by Gasteiger charge is 2.44. The summed E-state index contributed by atoms with van der Waals surface area (Å²) in [7, 11) is 1.54. The highest BCUT2D eigenvalue weighted by molar-refractivity contribution is 7.97. The van der Waals surface area contributed by atoms with E-state index in [1.165, 1.54) is 0 Å². The number of likely N-dealkylation sites (N-methyl/N-ethyl adjacent to an activating group) is 1. The Hall–Kier alpha value is -0.550. The fourth-order valence-corrected chi connectivity index (χ4v) is 1.50. The van der Waals surface area contributed by atoms with Gasteiger partial charge in [-0.2, -0.15) is 0 Å². The molecule has 0 fully saturated rings. The summed E-state index contributed by atoms with van der Waals surface area (Å²) in [5, 5.41) is 2.16. The van der Waals surface area contributed by atoms with Gasteiger partial charge in [0.2, 0.25) is 5.12 Å². The third-order valence-electron chi connectivity index (χ3n) is 2.07. The van der Waals surface area contributed by atoms with Crippen molar-refractivity contribution < 1.29 is 14.3 Å². The third kappa shape index (κ3) is 3.50. The van der Waals surface area contributed by atoms with Crippen LogP contribution in [-0.2, 0) is 14.3 Å². The summed E-state index contributed by atoms with van der Waals surface area (Å²) in [6.45, 7) is 6.99. The first-order valence-electron chi connectivity index (χ1n) is 4.85. The summed E-state index contributed by atoms with van der Waals surface area (Å²) in [6, 6.07) is 0. The van der Waals surface area contributed by atoms with Crippen LogP contribution in [0.4, 0.5) is 0 Å². The average Bonchev–Trinajstić information content (AvgIpc) is 2.03. The smallest absolute Gasteiger partial charge is 0.335 e. The Morgan fingerprint density at radius 1 is 1.33 bits per heavy atom. The van der Waals surface area contributed by atoms with Crippen LogP contribution in [-0.4, -0.2) is 29.3 Å². The molecule has 88 valence electrons. The van der Waals surface area contributed by atoms with Gasteiger partial charge >= 0.3 is 5.97 Å². The van der Waals surface area contributed by atoms with Gasteiger partial charge in [-0.15, -0.1) is 12.6 Å². The highest BCUT2D eigenvalue weighted by Crippen LogP contribution is 2.19. The van der Waals surface area contributed by atoms with Crippen molar-refractivity contribution in [3.8, 4) is 0 Å². The van der Waals surface area contributed by atoms with Crippen LogP contribution in [0.1, 0.15) is 34.1 Å². The van der Waals surface area contributed by atoms with Gasteiger partial charge in [-0.05, 0) is 34.2 Å². The molecule has 0 aliphatic carbocycles. The molecule has 0 saturated heterocycles. The molecule has 0 bridgehead atoms. The minimum atomic E-state index is -1.34. The van der Waals surface area contributed by atoms with Crippen LogP contribution in [0.2, 0.25) is 0 Å². The lowest BCUT2D eigenvalue weighted by Gasteiger charge is -2.30. The first-order valence-corrected chi connectivity index (χ1v) is 5.30. The highest BCUT2D eigenvalue weighted by atomic mass is 32.1. The number of hydrogen-bond acceptors (Lipinski definition) is 4. The van der Waals surface area contributed by atoms with E-state index in [0.29, 0.717) is 6.42 Å². The van der Waals surface area contributed by atoms with Crippen LogP contribution in [0, 0.1) is 0 Å². The van der Waals surface area contributed by atoms with Gasteiger partial charge in [-0.1, -0.05) is 6.92 Å². The molecule has 1 N–H and O–H groups in total. The maximum Gasteiger partial charge on any atom is 0.335 e. The number of carbonyl (C=O) groups is 2. The Bertz CT molecular complexity index is 254. The Morgan fingerprint density at radius 3 is 2.00 bits per heavy atom.